The SMILES string of the molecule is CNc1cc(C2CC3(CCN2Cc2c(OC)cc(C)c4c2ccn4C(=O)OC(C)(C)C)COC3)ccc1C(=O)OC. The van der Waals surface area contributed by atoms with E-state index in [9.17, 15) is 9.59 Å². The van der Waals surface area contributed by atoms with Crippen LogP contribution in [0.25, 0.3) is 10.9 Å². The predicted octanol–water partition coefficient (Wildman–Crippen LogP) is 5.92. The Kier molecular flexibility index (Phi) is 7.78. The Morgan fingerprint density at radius 3 is 2.51 bits per heavy atom. The summed E-state index contributed by atoms with van der Waals surface area (Å²) in [5, 5.41) is 4.14. The Morgan fingerprint density at radius 1 is 1.15 bits per heavy atom. The molecule has 2 aliphatic rings. The van der Waals surface area contributed by atoms with Crippen molar-refractivity contribution in [3.8, 4) is 5.75 Å². The molecule has 5 rings (SSSR count). The summed E-state index contributed by atoms with van der Waals surface area (Å²) in [4.78, 5) is 27.9. The van der Waals surface area contributed by atoms with Crippen LogP contribution in [-0.4, -0.2) is 68.2 Å². The second-order valence-corrected chi connectivity index (χ2v) is 12.3. The number of fused-ring (bicyclic) bond motifs is 1. The lowest BCUT2D eigenvalue weighted by Crippen LogP contribution is -2.51. The third-order valence-electron chi connectivity index (χ3n) is 8.32. The summed E-state index contributed by atoms with van der Waals surface area (Å²) in [7, 11) is 4.90. The van der Waals surface area contributed by atoms with E-state index in [0.29, 0.717) is 12.1 Å². The number of carbonyl (C=O) groups excluding carboxylic acids is 2. The number of aromatic nitrogens is 1. The smallest absolute Gasteiger partial charge is 0.419 e. The number of aryl methyl sites for hydroxylation is 1. The maximum atomic E-state index is 13.1. The van der Waals surface area contributed by atoms with Crippen molar-refractivity contribution in [2.75, 3.05) is 46.3 Å². The summed E-state index contributed by atoms with van der Waals surface area (Å²) >= 11 is 0. The maximum absolute atomic E-state index is 13.1. The molecule has 1 aromatic heterocycles. The second kappa shape index (κ2) is 11.0. The predicted molar refractivity (Wildman–Crippen MR) is 158 cm³/mol. The highest BCUT2D eigenvalue weighted by Gasteiger charge is 2.46. The van der Waals surface area contributed by atoms with Crippen molar-refractivity contribution in [1.82, 2.24) is 9.47 Å². The number of carbonyl (C=O) groups is 2. The van der Waals surface area contributed by atoms with Gasteiger partial charge in [-0.05, 0) is 82.5 Å². The average molecular weight is 564 g/mol. The van der Waals surface area contributed by atoms with Gasteiger partial charge in [-0.1, -0.05) is 6.07 Å². The van der Waals surface area contributed by atoms with Gasteiger partial charge in [0.15, 0.2) is 0 Å². The number of methoxy groups -OCH3 is 2. The highest BCUT2D eigenvalue weighted by molar-refractivity contribution is 5.96. The Hall–Kier alpha value is -3.56. The number of hydrogen-bond acceptors (Lipinski definition) is 8. The van der Waals surface area contributed by atoms with Gasteiger partial charge >= 0.3 is 12.1 Å². The molecule has 41 heavy (non-hydrogen) atoms. The molecule has 0 bridgehead atoms. The molecule has 1 atom stereocenters. The van der Waals surface area contributed by atoms with E-state index in [2.05, 4.69) is 16.3 Å². The fourth-order valence-electron chi connectivity index (χ4n) is 6.19. The number of benzene rings is 2. The van der Waals surface area contributed by atoms with Crippen LogP contribution in [0.5, 0.6) is 5.75 Å². The van der Waals surface area contributed by atoms with E-state index in [4.69, 9.17) is 18.9 Å². The molecule has 220 valence electrons. The molecule has 9 heteroatoms. The third-order valence-corrected chi connectivity index (χ3v) is 8.32. The number of anilines is 1. The number of ether oxygens (including phenoxy) is 4. The molecule has 3 aromatic rings. The monoisotopic (exact) mass is 563 g/mol. The lowest BCUT2D eigenvalue weighted by molar-refractivity contribution is -0.153. The molecule has 2 aliphatic heterocycles. The van der Waals surface area contributed by atoms with Crippen LogP contribution in [0, 0.1) is 12.3 Å². The number of likely N-dealkylation sites (tertiary alicyclic amines) is 1. The quantitative estimate of drug-likeness (QED) is 0.370. The van der Waals surface area contributed by atoms with Crippen molar-refractivity contribution in [3.05, 3.63) is 58.8 Å². The zero-order valence-corrected chi connectivity index (χ0v) is 25.1. The third kappa shape index (κ3) is 5.53. The van der Waals surface area contributed by atoms with Crippen molar-refractivity contribution in [2.24, 2.45) is 5.41 Å². The van der Waals surface area contributed by atoms with Crippen LogP contribution < -0.4 is 10.1 Å². The van der Waals surface area contributed by atoms with Crippen LogP contribution in [0.3, 0.4) is 0 Å². The highest BCUT2D eigenvalue weighted by atomic mass is 16.6. The summed E-state index contributed by atoms with van der Waals surface area (Å²) in [5.41, 5.74) is 4.73. The molecule has 0 aliphatic carbocycles. The number of piperidine rings is 1. The molecule has 0 amide bonds. The van der Waals surface area contributed by atoms with Crippen LogP contribution >= 0.6 is 0 Å². The molecule has 2 aromatic carbocycles. The number of esters is 1. The molecule has 9 nitrogen and oxygen atoms in total. The van der Waals surface area contributed by atoms with Crippen LogP contribution in [0.1, 0.15) is 66.7 Å². The molecule has 1 spiro atoms. The minimum Gasteiger partial charge on any atom is -0.496 e. The lowest BCUT2D eigenvalue weighted by atomic mass is 9.72. The molecule has 0 saturated carbocycles. The first-order valence-electron chi connectivity index (χ1n) is 14.1. The van der Waals surface area contributed by atoms with Crippen molar-refractivity contribution >= 4 is 28.7 Å². The number of hydrogen-bond donors (Lipinski definition) is 1. The van der Waals surface area contributed by atoms with Gasteiger partial charge in [-0.15, -0.1) is 0 Å². The Bertz CT molecular complexity index is 1470. The zero-order chi connectivity index (χ0) is 29.5. The van der Waals surface area contributed by atoms with Gasteiger partial charge in [0.25, 0.3) is 0 Å². The molecule has 1 N–H and O–H groups in total. The molecule has 0 radical (unpaired) electrons. The zero-order valence-electron chi connectivity index (χ0n) is 25.1. The molecular formula is C32H41N3O6. The lowest BCUT2D eigenvalue weighted by Gasteiger charge is -2.51. The average Bonchev–Trinajstić information content (AvgIpc) is 3.38. The Morgan fingerprint density at radius 2 is 1.90 bits per heavy atom. The first-order chi connectivity index (χ1) is 19.5. The number of nitrogens with zero attached hydrogens (tertiary/aromatic N) is 2. The van der Waals surface area contributed by atoms with Crippen LogP contribution in [0.4, 0.5) is 10.5 Å². The van der Waals surface area contributed by atoms with Crippen molar-refractivity contribution in [1.29, 1.82) is 0 Å². The molecule has 1 unspecified atom stereocenters. The topological polar surface area (TPSA) is 91.3 Å². The molecule has 2 fully saturated rings. The van der Waals surface area contributed by atoms with Gasteiger partial charge < -0.3 is 24.3 Å². The standard InChI is InChI=1S/C32H41N3O6/c1-20-14-27(38-6)24(22-10-12-35(28(20)22)30(37)41-31(2,3)4)17-34-13-11-32(18-40-19-32)16-26(34)21-8-9-23(29(36)39-7)25(15-21)33-5/h8-10,12,14-15,26,33H,11,13,16-19H2,1-7H3. The van der Waals surface area contributed by atoms with Gasteiger partial charge in [0.1, 0.15) is 11.4 Å². The molecule has 3 heterocycles. The van der Waals surface area contributed by atoms with Crippen molar-refractivity contribution in [3.63, 3.8) is 0 Å². The summed E-state index contributed by atoms with van der Waals surface area (Å²) in [6.45, 7) is 10.6. The van der Waals surface area contributed by atoms with Gasteiger partial charge in [0.05, 0.1) is 38.5 Å². The van der Waals surface area contributed by atoms with Gasteiger partial charge in [-0.3, -0.25) is 9.47 Å². The largest absolute Gasteiger partial charge is 0.496 e. The summed E-state index contributed by atoms with van der Waals surface area (Å²) in [6, 6.07) is 10.0. The van der Waals surface area contributed by atoms with Gasteiger partial charge in [-0.25, -0.2) is 9.59 Å². The van der Waals surface area contributed by atoms with Gasteiger partial charge in [0, 0.05) is 47.9 Å². The van der Waals surface area contributed by atoms with Crippen molar-refractivity contribution in [2.45, 2.75) is 58.7 Å². The summed E-state index contributed by atoms with van der Waals surface area (Å²) in [5.74, 6) is 0.423. The van der Waals surface area contributed by atoms with Crippen LogP contribution in [-0.2, 0) is 20.8 Å². The van der Waals surface area contributed by atoms with E-state index in [1.165, 1.54) is 7.11 Å². The highest BCUT2D eigenvalue weighted by Crippen LogP contribution is 2.48. The Labute approximate surface area is 241 Å². The van der Waals surface area contributed by atoms with E-state index in [0.717, 1.165) is 71.6 Å². The summed E-state index contributed by atoms with van der Waals surface area (Å²) < 4.78 is 23.9. The molecule has 2 saturated heterocycles. The van der Waals surface area contributed by atoms with Gasteiger partial charge in [0.2, 0.25) is 0 Å². The van der Waals surface area contributed by atoms with E-state index in [-0.39, 0.29) is 17.4 Å². The minimum absolute atomic E-state index is 0.0976. The minimum atomic E-state index is -0.602. The normalized spacial score (nSPS) is 18.7. The molecular weight excluding hydrogens is 522 g/mol. The van der Waals surface area contributed by atoms with E-state index in [1.54, 1.807) is 17.9 Å². The summed E-state index contributed by atoms with van der Waals surface area (Å²) in [6.07, 6.45) is 3.37. The fraction of sp³-hybridized carbons (Fsp3) is 0.500. The van der Waals surface area contributed by atoms with E-state index < -0.39 is 11.7 Å². The fourth-order valence-corrected chi connectivity index (χ4v) is 6.19. The van der Waals surface area contributed by atoms with Gasteiger partial charge in [-0.2, -0.15) is 0 Å². The second-order valence-electron chi connectivity index (χ2n) is 12.3. The van der Waals surface area contributed by atoms with E-state index >= 15 is 0 Å². The number of rotatable bonds is 6. The first-order valence-corrected chi connectivity index (χ1v) is 14.1. The maximum Gasteiger partial charge on any atom is 0.419 e. The Balaban J connectivity index is 1.55. The van der Waals surface area contributed by atoms with Crippen LogP contribution in [0.2, 0.25) is 0 Å². The van der Waals surface area contributed by atoms with Crippen molar-refractivity contribution < 1.29 is 28.5 Å². The van der Waals surface area contributed by atoms with E-state index in [1.807, 2.05) is 59.0 Å². The first kappa shape index (κ1) is 29.0. The van der Waals surface area contributed by atoms with Crippen LogP contribution in [0.15, 0.2) is 36.5 Å². The number of nitrogens with one attached hydrogen (secondary N) is 1.